The van der Waals surface area contributed by atoms with Crippen molar-refractivity contribution in [2.75, 3.05) is 0 Å². The quantitative estimate of drug-likeness (QED) is 0.285. The number of non-ortho nitro benzene ring substituents is 1. The number of hydrogen-bond donors (Lipinski definition) is 1. The summed E-state index contributed by atoms with van der Waals surface area (Å²) in [4.78, 5) is 37.5. The van der Waals surface area contributed by atoms with E-state index >= 15 is 0 Å². The van der Waals surface area contributed by atoms with Crippen molar-refractivity contribution in [3.8, 4) is 11.3 Å². The topological polar surface area (TPSA) is 102 Å². The summed E-state index contributed by atoms with van der Waals surface area (Å²) in [6.07, 6.45) is 1.06. The first-order valence-corrected chi connectivity index (χ1v) is 8.71. The second-order valence-electron chi connectivity index (χ2n) is 6.10. The van der Waals surface area contributed by atoms with E-state index in [4.69, 9.17) is 4.74 Å². The van der Waals surface area contributed by atoms with Crippen molar-refractivity contribution in [2.24, 2.45) is 0 Å². The first-order valence-electron chi connectivity index (χ1n) is 8.71. The van der Waals surface area contributed by atoms with E-state index in [0.29, 0.717) is 29.5 Å². The Morgan fingerprint density at radius 3 is 2.39 bits per heavy atom. The Bertz CT molecular complexity index is 1010. The van der Waals surface area contributed by atoms with Gasteiger partial charge in [0.25, 0.3) is 5.69 Å². The highest BCUT2D eigenvalue weighted by Crippen LogP contribution is 2.30. The molecule has 0 radical (unpaired) electrons. The number of carbonyl (C=O) groups excluding carboxylic acids is 2. The molecule has 0 aliphatic rings. The summed E-state index contributed by atoms with van der Waals surface area (Å²) in [7, 11) is 0. The van der Waals surface area contributed by atoms with Crippen LogP contribution in [0.2, 0.25) is 0 Å². The lowest BCUT2D eigenvalue weighted by atomic mass is 10.0. The zero-order valence-corrected chi connectivity index (χ0v) is 15.2. The van der Waals surface area contributed by atoms with Crippen LogP contribution in [0, 0.1) is 10.1 Å². The molecule has 142 valence electrons. The van der Waals surface area contributed by atoms with E-state index in [1.165, 1.54) is 12.1 Å². The summed E-state index contributed by atoms with van der Waals surface area (Å²) >= 11 is 0. The van der Waals surface area contributed by atoms with Gasteiger partial charge in [-0.2, -0.15) is 0 Å². The second kappa shape index (κ2) is 8.30. The number of hydrogen-bond acceptors (Lipinski definition) is 5. The summed E-state index contributed by atoms with van der Waals surface area (Å²) in [5.74, 6) is -0.591. The van der Waals surface area contributed by atoms with Crippen molar-refractivity contribution < 1.29 is 19.2 Å². The third kappa shape index (κ3) is 3.83. The molecule has 0 aliphatic carbocycles. The van der Waals surface area contributed by atoms with Crippen molar-refractivity contribution in [1.82, 2.24) is 4.98 Å². The first-order chi connectivity index (χ1) is 13.5. The monoisotopic (exact) mass is 378 g/mol. The highest BCUT2D eigenvalue weighted by molar-refractivity contribution is 6.01. The number of rotatable bonds is 7. The third-order valence-corrected chi connectivity index (χ3v) is 4.39. The van der Waals surface area contributed by atoms with Crippen LogP contribution in [0.4, 0.5) is 5.69 Å². The normalized spacial score (nSPS) is 10.5. The number of nitrogens with one attached hydrogen (secondary N) is 1. The van der Waals surface area contributed by atoms with Crippen molar-refractivity contribution in [1.29, 1.82) is 0 Å². The van der Waals surface area contributed by atoms with Gasteiger partial charge in [-0.15, -0.1) is 0 Å². The number of aromatic nitrogens is 1. The lowest BCUT2D eigenvalue weighted by Crippen LogP contribution is -2.09. The fourth-order valence-corrected chi connectivity index (χ4v) is 3.03. The van der Waals surface area contributed by atoms with Crippen molar-refractivity contribution in [3.05, 3.63) is 87.1 Å². The molecule has 7 heteroatoms. The van der Waals surface area contributed by atoms with Gasteiger partial charge in [-0.3, -0.25) is 14.9 Å². The van der Waals surface area contributed by atoms with E-state index in [9.17, 15) is 19.7 Å². The number of nitrogens with zero attached hydrogens (tertiary/aromatic N) is 1. The molecule has 0 spiro atoms. The van der Waals surface area contributed by atoms with E-state index in [1.54, 1.807) is 12.1 Å². The van der Waals surface area contributed by atoms with Crippen LogP contribution in [-0.2, 0) is 17.8 Å². The number of H-pyrrole nitrogens is 1. The average molecular weight is 378 g/mol. The van der Waals surface area contributed by atoms with Crippen LogP contribution < -0.4 is 0 Å². The molecule has 0 unspecified atom stereocenters. The Morgan fingerprint density at radius 2 is 1.82 bits per heavy atom. The maximum absolute atomic E-state index is 12.7. The van der Waals surface area contributed by atoms with E-state index in [1.807, 2.05) is 37.3 Å². The summed E-state index contributed by atoms with van der Waals surface area (Å²) in [5, 5.41) is 10.8. The minimum absolute atomic E-state index is 0.0357. The van der Waals surface area contributed by atoms with Gasteiger partial charge in [-0.1, -0.05) is 37.3 Å². The standard InChI is InChI=1S/C21H18N2O5/c1-2-17-19(21(25)28-13-14-6-4-3-5-7-14)18(12-24)22-20(17)15-8-10-16(11-9-15)23(26)27/h3-12,22H,2,13H2,1H3. The third-order valence-electron chi connectivity index (χ3n) is 4.39. The van der Waals surface area contributed by atoms with Crippen LogP contribution in [0.3, 0.4) is 0 Å². The SMILES string of the molecule is CCc1c(-c2ccc([N+](=O)[O-])cc2)[nH]c(C=O)c1C(=O)OCc1ccccc1. The van der Waals surface area contributed by atoms with Gasteiger partial charge in [0.15, 0.2) is 6.29 Å². The van der Waals surface area contributed by atoms with Crippen molar-refractivity contribution >= 4 is 17.9 Å². The Morgan fingerprint density at radius 1 is 1.14 bits per heavy atom. The minimum atomic E-state index is -0.591. The van der Waals surface area contributed by atoms with Gasteiger partial charge < -0.3 is 9.72 Å². The van der Waals surface area contributed by atoms with Crippen molar-refractivity contribution in [3.63, 3.8) is 0 Å². The van der Waals surface area contributed by atoms with E-state index in [0.717, 1.165) is 5.56 Å². The summed E-state index contributed by atoms with van der Waals surface area (Å²) in [5.41, 5.74) is 2.98. The second-order valence-corrected chi connectivity index (χ2v) is 6.10. The molecule has 0 atom stereocenters. The Kier molecular flexibility index (Phi) is 5.64. The predicted molar refractivity (Wildman–Crippen MR) is 103 cm³/mol. The summed E-state index contributed by atoms with van der Waals surface area (Å²) in [6, 6.07) is 15.2. The molecule has 0 amide bonds. The fraction of sp³-hybridized carbons (Fsp3) is 0.143. The number of ether oxygens (including phenoxy) is 1. The Balaban J connectivity index is 1.93. The molecule has 2 aromatic carbocycles. The van der Waals surface area contributed by atoms with Crippen LogP contribution in [0.15, 0.2) is 54.6 Å². The minimum Gasteiger partial charge on any atom is -0.457 e. The highest BCUT2D eigenvalue weighted by Gasteiger charge is 2.24. The molecule has 1 heterocycles. The van der Waals surface area contributed by atoms with Gasteiger partial charge in [-0.25, -0.2) is 4.79 Å². The Labute approximate surface area is 161 Å². The summed E-state index contributed by atoms with van der Waals surface area (Å²) in [6.45, 7) is 1.96. The molecule has 0 bridgehead atoms. The molecule has 0 aliphatic heterocycles. The molecule has 3 aromatic rings. The average Bonchev–Trinajstić information content (AvgIpc) is 3.11. The number of carbonyl (C=O) groups is 2. The number of esters is 1. The molecular formula is C21H18N2O5. The predicted octanol–water partition coefficient (Wildman–Crippen LogP) is 4.32. The molecular weight excluding hydrogens is 360 g/mol. The maximum Gasteiger partial charge on any atom is 0.341 e. The largest absolute Gasteiger partial charge is 0.457 e. The molecule has 0 saturated carbocycles. The van der Waals surface area contributed by atoms with Gasteiger partial charge in [0.05, 0.1) is 21.9 Å². The highest BCUT2D eigenvalue weighted by atomic mass is 16.6. The fourth-order valence-electron chi connectivity index (χ4n) is 3.03. The zero-order valence-electron chi connectivity index (χ0n) is 15.2. The number of nitro benzene ring substituents is 1. The lowest BCUT2D eigenvalue weighted by Gasteiger charge is -2.07. The van der Waals surface area contributed by atoms with Crippen LogP contribution in [-0.4, -0.2) is 22.2 Å². The zero-order chi connectivity index (χ0) is 20.1. The van der Waals surface area contributed by atoms with Crippen LogP contribution in [0.5, 0.6) is 0 Å². The van der Waals surface area contributed by atoms with Crippen LogP contribution in [0.25, 0.3) is 11.3 Å². The number of aldehydes is 1. The molecule has 7 nitrogen and oxygen atoms in total. The lowest BCUT2D eigenvalue weighted by molar-refractivity contribution is -0.384. The van der Waals surface area contributed by atoms with Gasteiger partial charge in [0, 0.05) is 12.1 Å². The van der Waals surface area contributed by atoms with Gasteiger partial charge >= 0.3 is 5.97 Å². The van der Waals surface area contributed by atoms with E-state index in [2.05, 4.69) is 4.98 Å². The van der Waals surface area contributed by atoms with Crippen LogP contribution >= 0.6 is 0 Å². The van der Waals surface area contributed by atoms with Gasteiger partial charge in [-0.05, 0) is 35.2 Å². The molecule has 0 saturated heterocycles. The smallest absolute Gasteiger partial charge is 0.341 e. The number of aromatic amines is 1. The number of benzene rings is 2. The molecule has 1 aromatic heterocycles. The van der Waals surface area contributed by atoms with Gasteiger partial charge in [0.1, 0.15) is 6.61 Å². The first kappa shape index (κ1) is 19.0. The van der Waals surface area contributed by atoms with E-state index < -0.39 is 10.9 Å². The summed E-state index contributed by atoms with van der Waals surface area (Å²) < 4.78 is 5.39. The molecule has 28 heavy (non-hydrogen) atoms. The Hall–Kier alpha value is -3.74. The molecule has 3 rings (SSSR count). The van der Waals surface area contributed by atoms with Crippen LogP contribution in [0.1, 0.15) is 38.9 Å². The molecule has 1 N–H and O–H groups in total. The number of nitro groups is 1. The molecule has 0 fully saturated rings. The van der Waals surface area contributed by atoms with E-state index in [-0.39, 0.29) is 23.6 Å². The van der Waals surface area contributed by atoms with Crippen molar-refractivity contribution in [2.45, 2.75) is 20.0 Å². The maximum atomic E-state index is 12.7. The van der Waals surface area contributed by atoms with Gasteiger partial charge in [0.2, 0.25) is 0 Å².